The van der Waals surface area contributed by atoms with Crippen LogP contribution in [0.5, 0.6) is 23.0 Å². The molecule has 132 valence electrons. The quantitative estimate of drug-likeness (QED) is 0.617. The molecule has 7 nitrogen and oxygen atoms in total. The van der Waals surface area contributed by atoms with Crippen LogP contribution in [0, 0.1) is 0 Å². The fraction of sp³-hybridized carbons (Fsp3) is 0.222. The van der Waals surface area contributed by atoms with E-state index in [-0.39, 0.29) is 0 Å². The van der Waals surface area contributed by atoms with Gasteiger partial charge in [-0.3, -0.25) is 4.79 Å². The van der Waals surface area contributed by atoms with E-state index < -0.39 is 5.91 Å². The molecule has 0 spiro atoms. The molecular formula is C18H20N2O5. The van der Waals surface area contributed by atoms with Crippen LogP contribution in [0.15, 0.2) is 41.5 Å². The molecule has 0 aromatic heterocycles. The van der Waals surface area contributed by atoms with Crippen LogP contribution in [0.25, 0.3) is 0 Å². The van der Waals surface area contributed by atoms with E-state index in [0.29, 0.717) is 28.6 Å². The second-order valence-corrected chi connectivity index (χ2v) is 4.89. The highest BCUT2D eigenvalue weighted by Gasteiger charge is 2.16. The molecule has 0 saturated carbocycles. The van der Waals surface area contributed by atoms with Crippen molar-refractivity contribution in [2.45, 2.75) is 0 Å². The maximum absolute atomic E-state index is 12.3. The Bertz CT molecular complexity index is 749. The molecule has 0 heterocycles. The highest BCUT2D eigenvalue weighted by atomic mass is 16.5. The number of hydrogen-bond acceptors (Lipinski definition) is 6. The van der Waals surface area contributed by atoms with E-state index in [1.54, 1.807) is 25.3 Å². The molecule has 0 aliphatic heterocycles. The Balaban J connectivity index is 2.16. The molecule has 0 bridgehead atoms. The zero-order chi connectivity index (χ0) is 18.2. The van der Waals surface area contributed by atoms with Gasteiger partial charge in [0.2, 0.25) is 5.75 Å². The monoisotopic (exact) mass is 344 g/mol. The number of nitrogens with zero attached hydrogens (tertiary/aromatic N) is 1. The number of hydrogen-bond donors (Lipinski definition) is 1. The maximum atomic E-state index is 12.3. The normalized spacial score (nSPS) is 10.4. The lowest BCUT2D eigenvalue weighted by Crippen LogP contribution is -2.18. The lowest BCUT2D eigenvalue weighted by Gasteiger charge is -2.13. The average molecular weight is 344 g/mol. The van der Waals surface area contributed by atoms with Crippen molar-refractivity contribution in [3.05, 3.63) is 47.5 Å². The van der Waals surface area contributed by atoms with E-state index in [2.05, 4.69) is 10.5 Å². The Labute approximate surface area is 146 Å². The zero-order valence-electron chi connectivity index (χ0n) is 14.5. The largest absolute Gasteiger partial charge is 0.497 e. The molecule has 2 aromatic rings. The Morgan fingerprint density at radius 2 is 1.64 bits per heavy atom. The van der Waals surface area contributed by atoms with Crippen LogP contribution in [0.3, 0.4) is 0 Å². The van der Waals surface area contributed by atoms with Crippen molar-refractivity contribution in [3.8, 4) is 23.0 Å². The highest BCUT2D eigenvalue weighted by Crippen LogP contribution is 2.38. The summed E-state index contributed by atoms with van der Waals surface area (Å²) in [4.78, 5) is 12.3. The van der Waals surface area contributed by atoms with E-state index in [1.165, 1.54) is 27.5 Å². The molecule has 0 unspecified atom stereocenters. The third kappa shape index (κ3) is 4.41. The van der Waals surface area contributed by atoms with Crippen molar-refractivity contribution in [1.82, 2.24) is 5.43 Å². The Kier molecular flexibility index (Phi) is 6.22. The van der Waals surface area contributed by atoms with Crippen LogP contribution in [-0.4, -0.2) is 40.6 Å². The van der Waals surface area contributed by atoms with Gasteiger partial charge in [0.25, 0.3) is 5.91 Å². The van der Waals surface area contributed by atoms with E-state index in [0.717, 1.165) is 5.56 Å². The Hall–Kier alpha value is -3.22. The summed E-state index contributed by atoms with van der Waals surface area (Å²) >= 11 is 0. The number of carbonyl (C=O) groups excluding carboxylic acids is 1. The molecule has 0 saturated heterocycles. The van der Waals surface area contributed by atoms with Gasteiger partial charge in [0.1, 0.15) is 5.75 Å². The summed E-state index contributed by atoms with van der Waals surface area (Å²) in [6.45, 7) is 0. The minimum absolute atomic E-state index is 0.331. The summed E-state index contributed by atoms with van der Waals surface area (Å²) in [6.07, 6.45) is 1.53. The fourth-order valence-corrected chi connectivity index (χ4v) is 2.16. The molecule has 2 rings (SSSR count). The van der Waals surface area contributed by atoms with Crippen LogP contribution in [0.1, 0.15) is 15.9 Å². The summed E-state index contributed by atoms with van der Waals surface area (Å²) in [6, 6.07) is 10.4. The molecule has 1 amide bonds. The van der Waals surface area contributed by atoms with E-state index in [4.69, 9.17) is 18.9 Å². The van der Waals surface area contributed by atoms with E-state index in [9.17, 15) is 4.79 Å². The standard InChI is InChI=1S/C18H20N2O5/c1-22-14-7-5-6-12(8-14)11-19-20-18(21)13-9-15(23-2)17(25-4)16(10-13)24-3/h5-11H,1-4H3,(H,20,21)/b19-11-. The van der Waals surface area contributed by atoms with Crippen LogP contribution < -0.4 is 24.4 Å². The minimum atomic E-state index is -0.404. The van der Waals surface area contributed by atoms with Crippen molar-refractivity contribution in [2.24, 2.45) is 5.10 Å². The molecule has 1 N–H and O–H groups in total. The lowest BCUT2D eigenvalue weighted by atomic mass is 10.1. The van der Waals surface area contributed by atoms with Crippen molar-refractivity contribution in [2.75, 3.05) is 28.4 Å². The molecule has 0 aliphatic carbocycles. The number of carbonyl (C=O) groups is 1. The number of hydrazone groups is 1. The van der Waals surface area contributed by atoms with Crippen molar-refractivity contribution in [1.29, 1.82) is 0 Å². The van der Waals surface area contributed by atoms with Gasteiger partial charge < -0.3 is 18.9 Å². The number of nitrogens with one attached hydrogen (secondary N) is 1. The topological polar surface area (TPSA) is 78.4 Å². The van der Waals surface area contributed by atoms with Gasteiger partial charge in [-0.2, -0.15) is 5.10 Å². The summed E-state index contributed by atoms with van der Waals surface area (Å²) < 4.78 is 20.8. The molecule has 0 radical (unpaired) electrons. The SMILES string of the molecule is COc1cccc(/C=N\NC(=O)c2cc(OC)c(OC)c(OC)c2)c1. The van der Waals surface area contributed by atoms with Crippen LogP contribution in [0.2, 0.25) is 0 Å². The second kappa shape index (κ2) is 8.58. The number of ether oxygens (including phenoxy) is 4. The first-order chi connectivity index (χ1) is 12.1. The third-order valence-electron chi connectivity index (χ3n) is 3.40. The Morgan fingerprint density at radius 3 is 2.20 bits per heavy atom. The van der Waals surface area contributed by atoms with Gasteiger partial charge in [0.15, 0.2) is 11.5 Å². The van der Waals surface area contributed by atoms with Gasteiger partial charge in [0, 0.05) is 5.56 Å². The van der Waals surface area contributed by atoms with Crippen molar-refractivity contribution < 1.29 is 23.7 Å². The first kappa shape index (κ1) is 18.1. The van der Waals surface area contributed by atoms with Gasteiger partial charge in [-0.25, -0.2) is 5.43 Å². The van der Waals surface area contributed by atoms with Crippen LogP contribution in [0.4, 0.5) is 0 Å². The molecule has 2 aromatic carbocycles. The molecule has 25 heavy (non-hydrogen) atoms. The number of amides is 1. The average Bonchev–Trinajstić information content (AvgIpc) is 2.66. The van der Waals surface area contributed by atoms with E-state index >= 15 is 0 Å². The predicted molar refractivity (Wildman–Crippen MR) is 94.2 cm³/mol. The summed E-state index contributed by atoms with van der Waals surface area (Å²) in [5, 5.41) is 3.95. The summed E-state index contributed by atoms with van der Waals surface area (Å²) in [7, 11) is 6.06. The second-order valence-electron chi connectivity index (χ2n) is 4.89. The van der Waals surface area contributed by atoms with Crippen LogP contribution in [-0.2, 0) is 0 Å². The first-order valence-corrected chi connectivity index (χ1v) is 7.40. The van der Waals surface area contributed by atoms with Gasteiger partial charge in [-0.15, -0.1) is 0 Å². The van der Waals surface area contributed by atoms with Gasteiger partial charge in [0.05, 0.1) is 34.7 Å². The smallest absolute Gasteiger partial charge is 0.271 e. The lowest BCUT2D eigenvalue weighted by molar-refractivity contribution is 0.0954. The van der Waals surface area contributed by atoms with E-state index in [1.807, 2.05) is 18.2 Å². The highest BCUT2D eigenvalue weighted by molar-refractivity contribution is 5.96. The van der Waals surface area contributed by atoms with Crippen molar-refractivity contribution in [3.63, 3.8) is 0 Å². The molecular weight excluding hydrogens is 324 g/mol. The Morgan fingerprint density at radius 1 is 0.960 bits per heavy atom. The fourth-order valence-electron chi connectivity index (χ4n) is 2.16. The third-order valence-corrected chi connectivity index (χ3v) is 3.40. The van der Waals surface area contributed by atoms with Crippen molar-refractivity contribution >= 4 is 12.1 Å². The maximum Gasteiger partial charge on any atom is 0.271 e. The number of benzene rings is 2. The predicted octanol–water partition coefficient (Wildman–Crippen LogP) is 2.48. The van der Waals surface area contributed by atoms with Gasteiger partial charge in [-0.05, 0) is 29.8 Å². The molecule has 7 heteroatoms. The number of rotatable bonds is 7. The minimum Gasteiger partial charge on any atom is -0.497 e. The van der Waals surface area contributed by atoms with Gasteiger partial charge in [-0.1, -0.05) is 12.1 Å². The summed E-state index contributed by atoms with van der Waals surface area (Å²) in [5.41, 5.74) is 3.59. The first-order valence-electron chi connectivity index (χ1n) is 7.40. The molecule has 0 atom stereocenters. The summed E-state index contributed by atoms with van der Waals surface area (Å²) in [5.74, 6) is 1.51. The zero-order valence-corrected chi connectivity index (χ0v) is 14.5. The van der Waals surface area contributed by atoms with Crippen LogP contribution >= 0.6 is 0 Å². The number of methoxy groups -OCH3 is 4. The van der Waals surface area contributed by atoms with Gasteiger partial charge >= 0.3 is 0 Å². The molecule has 0 fully saturated rings. The molecule has 0 aliphatic rings.